The number of hydrogen-bond acceptors (Lipinski definition) is 1. The molecule has 0 aromatic heterocycles. The summed E-state index contributed by atoms with van der Waals surface area (Å²) < 4.78 is 26.9. The normalized spacial score (nSPS) is 10.3. The van der Waals surface area contributed by atoms with Crippen LogP contribution in [0.2, 0.25) is 0 Å². The Hall–Kier alpha value is -1.42. The summed E-state index contributed by atoms with van der Waals surface area (Å²) in [6, 6.07) is 10.9. The lowest BCUT2D eigenvalue weighted by Gasteiger charge is -2.07. The minimum absolute atomic E-state index is 0.269. The minimum Gasteiger partial charge on any atom is -0.381 e. The van der Waals surface area contributed by atoms with E-state index in [9.17, 15) is 8.78 Å². The van der Waals surface area contributed by atoms with E-state index in [1.807, 2.05) is 0 Å². The Balaban J connectivity index is 2.04. The molecule has 0 atom stereocenters. The van der Waals surface area contributed by atoms with Crippen molar-refractivity contribution in [3.63, 3.8) is 0 Å². The molecule has 4 heteroatoms. The fraction of sp³-hybridized carbons (Fsp3) is 0.0769. The molecule has 0 saturated heterocycles. The summed E-state index contributed by atoms with van der Waals surface area (Å²) in [5.74, 6) is -0.556. The van der Waals surface area contributed by atoms with Crippen molar-refractivity contribution >= 4 is 21.6 Å². The van der Waals surface area contributed by atoms with Crippen LogP contribution >= 0.6 is 15.9 Å². The first-order valence-corrected chi connectivity index (χ1v) is 5.88. The molecule has 0 aliphatic rings. The van der Waals surface area contributed by atoms with Crippen LogP contribution in [-0.4, -0.2) is 0 Å². The lowest BCUT2D eigenvalue weighted by Crippen LogP contribution is -2.01. The van der Waals surface area contributed by atoms with Gasteiger partial charge in [0.05, 0.1) is 0 Å². The van der Waals surface area contributed by atoms with E-state index >= 15 is 0 Å². The van der Waals surface area contributed by atoms with Gasteiger partial charge in [0.15, 0.2) is 0 Å². The summed E-state index contributed by atoms with van der Waals surface area (Å²) >= 11 is 3.20. The van der Waals surface area contributed by atoms with Gasteiger partial charge in [-0.25, -0.2) is 8.78 Å². The third kappa shape index (κ3) is 3.27. The molecule has 0 fully saturated rings. The second-order valence-electron chi connectivity index (χ2n) is 3.60. The van der Waals surface area contributed by atoms with Crippen LogP contribution in [0.3, 0.4) is 0 Å². The van der Waals surface area contributed by atoms with Crippen molar-refractivity contribution in [2.45, 2.75) is 6.54 Å². The van der Waals surface area contributed by atoms with E-state index in [0.29, 0.717) is 16.6 Å². The van der Waals surface area contributed by atoms with Gasteiger partial charge < -0.3 is 5.32 Å². The van der Waals surface area contributed by atoms with Gasteiger partial charge in [-0.1, -0.05) is 22.0 Å². The van der Waals surface area contributed by atoms with Gasteiger partial charge in [-0.05, 0) is 36.4 Å². The summed E-state index contributed by atoms with van der Waals surface area (Å²) in [6.45, 7) is 0.366. The van der Waals surface area contributed by atoms with E-state index in [2.05, 4.69) is 21.2 Å². The predicted molar refractivity (Wildman–Crippen MR) is 67.8 cm³/mol. The standard InChI is InChI=1S/C13H10BrF2N/c14-10-2-1-9(13(16)7-10)8-17-12-5-3-11(15)4-6-12/h1-7,17H,8H2. The number of rotatable bonds is 3. The third-order valence-corrected chi connectivity index (χ3v) is 2.84. The molecule has 0 radical (unpaired) electrons. The Morgan fingerprint density at radius 3 is 2.35 bits per heavy atom. The third-order valence-electron chi connectivity index (χ3n) is 2.34. The number of halogens is 3. The Morgan fingerprint density at radius 1 is 1.00 bits per heavy atom. The Morgan fingerprint density at radius 2 is 1.71 bits per heavy atom. The van der Waals surface area contributed by atoms with Gasteiger partial charge >= 0.3 is 0 Å². The van der Waals surface area contributed by atoms with Crippen molar-refractivity contribution in [2.75, 3.05) is 5.32 Å². The van der Waals surface area contributed by atoms with E-state index in [1.54, 1.807) is 24.3 Å². The highest BCUT2D eigenvalue weighted by atomic mass is 79.9. The fourth-order valence-electron chi connectivity index (χ4n) is 1.43. The molecule has 17 heavy (non-hydrogen) atoms. The molecule has 0 saturated carbocycles. The summed E-state index contributed by atoms with van der Waals surface area (Å²) in [6.07, 6.45) is 0. The first-order valence-electron chi connectivity index (χ1n) is 5.08. The zero-order valence-corrected chi connectivity index (χ0v) is 10.5. The van der Waals surface area contributed by atoms with Gasteiger partial charge in [0.2, 0.25) is 0 Å². The van der Waals surface area contributed by atoms with Crippen LogP contribution in [0.4, 0.5) is 14.5 Å². The van der Waals surface area contributed by atoms with Crippen LogP contribution in [-0.2, 0) is 6.54 Å². The maximum Gasteiger partial charge on any atom is 0.129 e. The Kier molecular flexibility index (Phi) is 3.74. The molecule has 2 aromatic rings. The molecule has 0 aliphatic carbocycles. The topological polar surface area (TPSA) is 12.0 Å². The molecule has 0 unspecified atom stereocenters. The highest BCUT2D eigenvalue weighted by Crippen LogP contribution is 2.17. The largest absolute Gasteiger partial charge is 0.381 e. The molecular formula is C13H10BrF2N. The first-order chi connectivity index (χ1) is 8.15. The number of hydrogen-bond donors (Lipinski definition) is 1. The maximum absolute atomic E-state index is 13.5. The zero-order valence-electron chi connectivity index (χ0n) is 8.88. The van der Waals surface area contributed by atoms with Crippen LogP contribution in [0.5, 0.6) is 0 Å². The van der Waals surface area contributed by atoms with Crippen molar-refractivity contribution in [3.8, 4) is 0 Å². The van der Waals surface area contributed by atoms with Crippen LogP contribution in [0.15, 0.2) is 46.9 Å². The first kappa shape index (κ1) is 12.0. The van der Waals surface area contributed by atoms with Crippen LogP contribution in [0.25, 0.3) is 0 Å². The number of anilines is 1. The summed E-state index contributed by atoms with van der Waals surface area (Å²) in [5, 5.41) is 3.03. The molecule has 0 spiro atoms. The van der Waals surface area contributed by atoms with Crippen LogP contribution in [0, 0.1) is 11.6 Å². The molecule has 2 rings (SSSR count). The lowest BCUT2D eigenvalue weighted by atomic mass is 10.2. The fourth-order valence-corrected chi connectivity index (χ4v) is 1.76. The lowest BCUT2D eigenvalue weighted by molar-refractivity contribution is 0.612. The minimum atomic E-state index is -0.287. The van der Waals surface area contributed by atoms with Gasteiger partial charge in [0.25, 0.3) is 0 Å². The van der Waals surface area contributed by atoms with Gasteiger partial charge in [-0.3, -0.25) is 0 Å². The summed E-state index contributed by atoms with van der Waals surface area (Å²) in [4.78, 5) is 0. The van der Waals surface area contributed by atoms with E-state index < -0.39 is 0 Å². The Bertz CT molecular complexity index is 511. The van der Waals surface area contributed by atoms with E-state index in [0.717, 1.165) is 5.69 Å². The van der Waals surface area contributed by atoms with E-state index in [1.165, 1.54) is 18.2 Å². The number of nitrogens with one attached hydrogen (secondary N) is 1. The van der Waals surface area contributed by atoms with Crippen molar-refractivity contribution in [1.82, 2.24) is 0 Å². The smallest absolute Gasteiger partial charge is 0.129 e. The van der Waals surface area contributed by atoms with Gasteiger partial charge in [-0.15, -0.1) is 0 Å². The molecule has 1 nitrogen and oxygen atoms in total. The van der Waals surface area contributed by atoms with E-state index in [-0.39, 0.29) is 11.6 Å². The summed E-state index contributed by atoms with van der Waals surface area (Å²) in [7, 11) is 0. The summed E-state index contributed by atoms with van der Waals surface area (Å²) in [5.41, 5.74) is 1.33. The van der Waals surface area contributed by atoms with Crippen LogP contribution < -0.4 is 5.32 Å². The maximum atomic E-state index is 13.5. The Labute approximate surface area is 107 Å². The second-order valence-corrected chi connectivity index (χ2v) is 4.51. The molecule has 0 aliphatic heterocycles. The van der Waals surface area contributed by atoms with Crippen molar-refractivity contribution in [1.29, 1.82) is 0 Å². The highest BCUT2D eigenvalue weighted by molar-refractivity contribution is 9.10. The van der Waals surface area contributed by atoms with Crippen LogP contribution in [0.1, 0.15) is 5.56 Å². The van der Waals surface area contributed by atoms with Gasteiger partial charge in [0.1, 0.15) is 11.6 Å². The second kappa shape index (κ2) is 5.27. The van der Waals surface area contributed by atoms with Crippen molar-refractivity contribution in [2.24, 2.45) is 0 Å². The highest BCUT2D eigenvalue weighted by Gasteiger charge is 2.02. The zero-order chi connectivity index (χ0) is 12.3. The SMILES string of the molecule is Fc1ccc(NCc2ccc(Br)cc2F)cc1. The van der Waals surface area contributed by atoms with E-state index in [4.69, 9.17) is 0 Å². The van der Waals surface area contributed by atoms with Gasteiger partial charge in [-0.2, -0.15) is 0 Å². The molecular weight excluding hydrogens is 288 g/mol. The predicted octanol–water partition coefficient (Wildman–Crippen LogP) is 4.34. The molecule has 88 valence electrons. The molecule has 0 bridgehead atoms. The quantitative estimate of drug-likeness (QED) is 0.889. The van der Waals surface area contributed by atoms with Gasteiger partial charge in [0, 0.05) is 22.3 Å². The molecule has 0 heterocycles. The molecule has 1 N–H and O–H groups in total. The molecule has 0 amide bonds. The average molecular weight is 298 g/mol. The molecule has 2 aromatic carbocycles. The average Bonchev–Trinajstić information content (AvgIpc) is 2.30. The number of benzene rings is 2. The van der Waals surface area contributed by atoms with Crippen molar-refractivity contribution in [3.05, 3.63) is 64.1 Å². The monoisotopic (exact) mass is 297 g/mol. The van der Waals surface area contributed by atoms with Crippen molar-refractivity contribution < 1.29 is 8.78 Å².